The molecule has 2 aromatic carbocycles. The van der Waals surface area contributed by atoms with Crippen LogP contribution in [0.2, 0.25) is 0 Å². The van der Waals surface area contributed by atoms with Crippen LogP contribution in [0.1, 0.15) is 42.6 Å². The number of rotatable bonds is 5. The second-order valence-electron chi connectivity index (χ2n) is 5.96. The predicted molar refractivity (Wildman–Crippen MR) is 93.7 cm³/mol. The van der Waals surface area contributed by atoms with E-state index in [1.807, 2.05) is 55.5 Å². The van der Waals surface area contributed by atoms with Crippen LogP contribution >= 0.6 is 0 Å². The number of nitrogens with one attached hydrogen (secondary N) is 2. The van der Waals surface area contributed by atoms with Gasteiger partial charge in [0, 0.05) is 12.2 Å². The lowest BCUT2D eigenvalue weighted by molar-refractivity contribution is 0.175. The van der Waals surface area contributed by atoms with E-state index < -0.39 is 6.10 Å². The molecule has 0 aliphatic rings. The summed E-state index contributed by atoms with van der Waals surface area (Å²) >= 11 is 0. The van der Waals surface area contributed by atoms with Gasteiger partial charge in [-0.25, -0.2) is 4.79 Å². The lowest BCUT2D eigenvalue weighted by atomic mass is 9.98. The van der Waals surface area contributed by atoms with Crippen molar-refractivity contribution in [3.63, 3.8) is 0 Å². The van der Waals surface area contributed by atoms with Crippen molar-refractivity contribution in [3.05, 3.63) is 65.2 Å². The Morgan fingerprint density at radius 3 is 2.43 bits per heavy atom. The third kappa shape index (κ3) is 4.57. The highest BCUT2D eigenvalue weighted by Crippen LogP contribution is 2.27. The Morgan fingerprint density at radius 2 is 1.78 bits per heavy atom. The van der Waals surface area contributed by atoms with E-state index in [4.69, 9.17) is 0 Å². The molecule has 0 aromatic heterocycles. The first-order valence-corrected chi connectivity index (χ1v) is 7.86. The van der Waals surface area contributed by atoms with E-state index in [-0.39, 0.29) is 12.6 Å². The number of para-hydroxylation sites is 1. The summed E-state index contributed by atoms with van der Waals surface area (Å²) in [5.41, 5.74) is 3.75. The van der Waals surface area contributed by atoms with Gasteiger partial charge in [-0.1, -0.05) is 62.4 Å². The molecule has 1 unspecified atom stereocenters. The summed E-state index contributed by atoms with van der Waals surface area (Å²) in [5.74, 6) is 0.320. The van der Waals surface area contributed by atoms with Crippen LogP contribution in [-0.4, -0.2) is 17.7 Å². The van der Waals surface area contributed by atoms with E-state index in [1.165, 1.54) is 0 Å². The van der Waals surface area contributed by atoms with E-state index in [1.54, 1.807) is 0 Å². The average molecular weight is 312 g/mol. The molecule has 0 radical (unpaired) electrons. The lowest BCUT2D eigenvalue weighted by Gasteiger charge is -2.18. The third-order valence-electron chi connectivity index (χ3n) is 3.81. The van der Waals surface area contributed by atoms with Crippen LogP contribution in [0.4, 0.5) is 10.5 Å². The largest absolute Gasteiger partial charge is 0.387 e. The fraction of sp³-hybridized carbons (Fsp3) is 0.316. The van der Waals surface area contributed by atoms with Crippen molar-refractivity contribution in [2.75, 3.05) is 11.9 Å². The highest BCUT2D eigenvalue weighted by atomic mass is 16.3. The molecule has 0 fully saturated rings. The molecule has 0 heterocycles. The van der Waals surface area contributed by atoms with E-state index >= 15 is 0 Å². The molecule has 0 saturated heterocycles. The maximum absolute atomic E-state index is 12.1. The molecular formula is C19H24N2O2. The van der Waals surface area contributed by atoms with Gasteiger partial charge >= 0.3 is 6.03 Å². The number of aryl methyl sites for hydroxylation is 1. The summed E-state index contributed by atoms with van der Waals surface area (Å²) in [5, 5.41) is 15.7. The minimum Gasteiger partial charge on any atom is -0.387 e. The SMILES string of the molecule is Cc1cccc(C(C)C)c1NC(=O)NCC(O)c1ccccc1. The lowest BCUT2D eigenvalue weighted by Crippen LogP contribution is -2.33. The molecule has 2 aromatic rings. The highest BCUT2D eigenvalue weighted by molar-refractivity contribution is 5.91. The number of anilines is 1. The van der Waals surface area contributed by atoms with E-state index in [0.717, 1.165) is 22.4 Å². The third-order valence-corrected chi connectivity index (χ3v) is 3.81. The Hall–Kier alpha value is -2.33. The quantitative estimate of drug-likeness (QED) is 0.782. The predicted octanol–water partition coefficient (Wildman–Crippen LogP) is 3.97. The Labute approximate surface area is 137 Å². The van der Waals surface area contributed by atoms with Crippen LogP contribution in [-0.2, 0) is 0 Å². The first kappa shape index (κ1) is 17.0. The van der Waals surface area contributed by atoms with Crippen LogP contribution in [0.3, 0.4) is 0 Å². The summed E-state index contributed by atoms with van der Waals surface area (Å²) in [6.07, 6.45) is -0.719. The molecule has 0 aliphatic heterocycles. The number of hydrogen-bond donors (Lipinski definition) is 3. The Bertz CT molecular complexity index is 654. The number of carbonyl (C=O) groups is 1. The number of aliphatic hydroxyl groups is 1. The van der Waals surface area contributed by atoms with Gasteiger partial charge in [0.25, 0.3) is 0 Å². The topological polar surface area (TPSA) is 61.4 Å². The van der Waals surface area contributed by atoms with Gasteiger partial charge in [0.05, 0.1) is 6.10 Å². The van der Waals surface area contributed by atoms with Crippen LogP contribution in [0.25, 0.3) is 0 Å². The molecule has 2 amide bonds. The zero-order valence-corrected chi connectivity index (χ0v) is 13.8. The first-order chi connectivity index (χ1) is 11.0. The molecule has 0 saturated carbocycles. The van der Waals surface area contributed by atoms with Crippen molar-refractivity contribution in [2.24, 2.45) is 0 Å². The molecule has 122 valence electrons. The molecule has 1 atom stereocenters. The molecule has 0 aliphatic carbocycles. The average Bonchev–Trinajstić information content (AvgIpc) is 2.55. The minimum absolute atomic E-state index is 0.165. The maximum Gasteiger partial charge on any atom is 0.319 e. The smallest absolute Gasteiger partial charge is 0.319 e. The summed E-state index contributed by atoms with van der Waals surface area (Å²) in [6.45, 7) is 6.33. The maximum atomic E-state index is 12.1. The molecule has 23 heavy (non-hydrogen) atoms. The standard InChI is InChI=1S/C19H24N2O2/c1-13(2)16-11-7-8-14(3)18(16)21-19(23)20-12-17(22)15-9-5-4-6-10-15/h4-11,13,17,22H,12H2,1-3H3,(H2,20,21,23). The van der Waals surface area contributed by atoms with Crippen molar-refractivity contribution in [2.45, 2.75) is 32.8 Å². The van der Waals surface area contributed by atoms with Gasteiger partial charge in [-0.05, 0) is 29.5 Å². The van der Waals surface area contributed by atoms with Gasteiger partial charge in [0.2, 0.25) is 0 Å². The van der Waals surface area contributed by atoms with E-state index in [0.29, 0.717) is 5.92 Å². The number of amides is 2. The van der Waals surface area contributed by atoms with Gasteiger partial charge in [-0.2, -0.15) is 0 Å². The summed E-state index contributed by atoms with van der Waals surface area (Å²) < 4.78 is 0. The molecule has 4 nitrogen and oxygen atoms in total. The van der Waals surface area contributed by atoms with Gasteiger partial charge in [-0.15, -0.1) is 0 Å². The van der Waals surface area contributed by atoms with Crippen LogP contribution in [0, 0.1) is 6.92 Å². The van der Waals surface area contributed by atoms with Crippen molar-refractivity contribution in [1.29, 1.82) is 0 Å². The molecular weight excluding hydrogens is 288 g/mol. The number of benzene rings is 2. The van der Waals surface area contributed by atoms with E-state index in [2.05, 4.69) is 24.5 Å². The molecule has 0 bridgehead atoms. The second kappa shape index (κ2) is 7.79. The molecule has 2 rings (SSSR count). The Balaban J connectivity index is 1.98. The summed E-state index contributed by atoms with van der Waals surface area (Å²) in [6, 6.07) is 15.0. The zero-order valence-electron chi connectivity index (χ0n) is 13.8. The van der Waals surface area contributed by atoms with Crippen LogP contribution in [0.15, 0.2) is 48.5 Å². The zero-order chi connectivity index (χ0) is 16.8. The number of hydrogen-bond acceptors (Lipinski definition) is 2. The highest BCUT2D eigenvalue weighted by Gasteiger charge is 2.13. The van der Waals surface area contributed by atoms with Gasteiger partial charge in [-0.3, -0.25) is 0 Å². The van der Waals surface area contributed by atoms with Crippen molar-refractivity contribution >= 4 is 11.7 Å². The number of aliphatic hydroxyl groups excluding tert-OH is 1. The van der Waals surface area contributed by atoms with Crippen molar-refractivity contribution in [1.82, 2.24) is 5.32 Å². The van der Waals surface area contributed by atoms with Gasteiger partial charge in [0.15, 0.2) is 0 Å². The summed E-state index contributed by atoms with van der Waals surface area (Å²) in [4.78, 5) is 12.1. The Morgan fingerprint density at radius 1 is 1.09 bits per heavy atom. The first-order valence-electron chi connectivity index (χ1n) is 7.86. The molecule has 3 N–H and O–H groups in total. The molecule has 0 spiro atoms. The normalized spacial score (nSPS) is 12.0. The number of carbonyl (C=O) groups excluding carboxylic acids is 1. The van der Waals surface area contributed by atoms with Crippen molar-refractivity contribution < 1.29 is 9.90 Å². The van der Waals surface area contributed by atoms with Crippen LogP contribution in [0.5, 0.6) is 0 Å². The second-order valence-corrected chi connectivity index (χ2v) is 5.96. The fourth-order valence-corrected chi connectivity index (χ4v) is 2.48. The fourth-order valence-electron chi connectivity index (χ4n) is 2.48. The van der Waals surface area contributed by atoms with Gasteiger partial charge < -0.3 is 15.7 Å². The van der Waals surface area contributed by atoms with E-state index in [9.17, 15) is 9.90 Å². The monoisotopic (exact) mass is 312 g/mol. The van der Waals surface area contributed by atoms with Crippen molar-refractivity contribution in [3.8, 4) is 0 Å². The Kier molecular flexibility index (Phi) is 5.77. The summed E-state index contributed by atoms with van der Waals surface area (Å²) in [7, 11) is 0. The minimum atomic E-state index is -0.719. The molecule has 4 heteroatoms. The number of urea groups is 1. The van der Waals surface area contributed by atoms with Gasteiger partial charge in [0.1, 0.15) is 0 Å². The van der Waals surface area contributed by atoms with Crippen LogP contribution < -0.4 is 10.6 Å².